The summed E-state index contributed by atoms with van der Waals surface area (Å²) in [4.78, 5) is 1.000. The number of hydrogen-bond donors (Lipinski definition) is 0. The SMILES string of the molecule is CSc1ccc(C=C(S(C)=O)S(C)=O)s1. The molecule has 1 aromatic heterocycles. The van der Waals surface area contributed by atoms with Crippen LogP contribution in [-0.2, 0) is 21.6 Å². The predicted octanol–water partition coefficient (Wildman–Crippen LogP) is 2.53. The minimum Gasteiger partial charge on any atom is -0.254 e. The fourth-order valence-corrected chi connectivity index (χ4v) is 4.53. The van der Waals surface area contributed by atoms with Crippen molar-refractivity contribution in [1.82, 2.24) is 0 Å². The second-order valence-electron chi connectivity index (χ2n) is 2.73. The molecule has 15 heavy (non-hydrogen) atoms. The third-order valence-corrected chi connectivity index (χ3v) is 6.52. The maximum atomic E-state index is 11.3. The van der Waals surface area contributed by atoms with Gasteiger partial charge < -0.3 is 0 Å². The average Bonchev–Trinajstić information content (AvgIpc) is 2.60. The van der Waals surface area contributed by atoms with Crippen LogP contribution in [0.1, 0.15) is 4.88 Å². The highest BCUT2D eigenvalue weighted by molar-refractivity contribution is 8.08. The van der Waals surface area contributed by atoms with Gasteiger partial charge in [-0.15, -0.1) is 23.1 Å². The third-order valence-electron chi connectivity index (χ3n) is 1.63. The van der Waals surface area contributed by atoms with E-state index < -0.39 is 21.6 Å². The molecule has 0 aliphatic heterocycles. The fourth-order valence-electron chi connectivity index (χ4n) is 0.969. The van der Waals surface area contributed by atoms with E-state index in [0.717, 1.165) is 4.88 Å². The summed E-state index contributed by atoms with van der Waals surface area (Å²) in [6.07, 6.45) is 6.87. The molecule has 6 heteroatoms. The monoisotopic (exact) mass is 280 g/mol. The summed E-state index contributed by atoms with van der Waals surface area (Å²) in [5.41, 5.74) is 0. The summed E-state index contributed by atoms with van der Waals surface area (Å²) in [5.74, 6) is 0. The summed E-state index contributed by atoms with van der Waals surface area (Å²) in [6, 6.07) is 3.96. The molecule has 0 aliphatic rings. The molecule has 2 atom stereocenters. The van der Waals surface area contributed by atoms with Crippen LogP contribution in [0.4, 0.5) is 0 Å². The quantitative estimate of drug-likeness (QED) is 0.795. The zero-order valence-electron chi connectivity index (χ0n) is 8.68. The first kappa shape index (κ1) is 13.2. The van der Waals surface area contributed by atoms with E-state index in [0.29, 0.717) is 4.24 Å². The molecule has 1 aromatic rings. The first-order valence-electron chi connectivity index (χ1n) is 4.07. The lowest BCUT2D eigenvalue weighted by molar-refractivity contribution is 0.687. The molecule has 84 valence electrons. The van der Waals surface area contributed by atoms with Crippen LogP contribution < -0.4 is 0 Å². The first-order chi connectivity index (χ1) is 7.04. The third kappa shape index (κ3) is 3.86. The molecule has 0 radical (unpaired) electrons. The molecule has 0 N–H and O–H groups in total. The number of hydrogen-bond acceptors (Lipinski definition) is 4. The molecule has 0 fully saturated rings. The van der Waals surface area contributed by atoms with Crippen LogP contribution in [0, 0.1) is 0 Å². The minimum atomic E-state index is -1.17. The van der Waals surface area contributed by atoms with Gasteiger partial charge in [0, 0.05) is 17.4 Å². The Morgan fingerprint density at radius 3 is 2.33 bits per heavy atom. The Balaban J connectivity index is 3.02. The van der Waals surface area contributed by atoms with Gasteiger partial charge in [0.15, 0.2) is 0 Å². The molecule has 0 aromatic carbocycles. The van der Waals surface area contributed by atoms with E-state index in [9.17, 15) is 8.42 Å². The first-order valence-corrected chi connectivity index (χ1v) is 9.22. The molecular formula is C9H12O2S4. The molecule has 0 saturated heterocycles. The molecule has 0 amide bonds. The van der Waals surface area contributed by atoms with Gasteiger partial charge in [-0.05, 0) is 24.5 Å². The van der Waals surface area contributed by atoms with Crippen molar-refractivity contribution < 1.29 is 8.42 Å². The van der Waals surface area contributed by atoms with Gasteiger partial charge in [-0.2, -0.15) is 0 Å². The second-order valence-corrected chi connectivity index (χ2v) is 7.91. The normalized spacial score (nSPS) is 14.6. The Morgan fingerprint density at radius 2 is 1.93 bits per heavy atom. The largest absolute Gasteiger partial charge is 0.254 e. The molecule has 2 unspecified atom stereocenters. The van der Waals surface area contributed by atoms with E-state index in [1.54, 1.807) is 41.7 Å². The van der Waals surface area contributed by atoms with Crippen LogP contribution in [0.3, 0.4) is 0 Å². The second kappa shape index (κ2) is 5.98. The highest BCUT2D eigenvalue weighted by atomic mass is 32.2. The van der Waals surface area contributed by atoms with E-state index in [4.69, 9.17) is 0 Å². The van der Waals surface area contributed by atoms with Crippen LogP contribution in [0.5, 0.6) is 0 Å². The van der Waals surface area contributed by atoms with Crippen molar-refractivity contribution in [2.24, 2.45) is 0 Å². The van der Waals surface area contributed by atoms with Crippen LogP contribution in [0.2, 0.25) is 0 Å². The van der Waals surface area contributed by atoms with E-state index in [1.165, 1.54) is 4.21 Å². The summed E-state index contributed by atoms with van der Waals surface area (Å²) in [5, 5.41) is 0. The zero-order chi connectivity index (χ0) is 11.4. The van der Waals surface area contributed by atoms with E-state index in [-0.39, 0.29) is 0 Å². The lowest BCUT2D eigenvalue weighted by Crippen LogP contribution is -1.97. The van der Waals surface area contributed by atoms with Crippen LogP contribution in [-0.4, -0.2) is 27.2 Å². The standard InChI is InChI=1S/C9H12O2S4/c1-12-8-5-4-7(13-8)6-9(14(2)10)15(3)11/h4-6H,1-3H3. The van der Waals surface area contributed by atoms with Gasteiger partial charge in [0.2, 0.25) is 0 Å². The Labute approximate surface area is 103 Å². The van der Waals surface area contributed by atoms with Crippen molar-refractivity contribution in [3.63, 3.8) is 0 Å². The molecule has 1 heterocycles. The van der Waals surface area contributed by atoms with Crippen molar-refractivity contribution in [1.29, 1.82) is 0 Å². The van der Waals surface area contributed by atoms with Gasteiger partial charge in [-0.3, -0.25) is 8.42 Å². The smallest absolute Gasteiger partial charge is 0.104 e. The maximum Gasteiger partial charge on any atom is 0.104 e. The molecule has 0 bridgehead atoms. The number of thiophene rings is 1. The maximum absolute atomic E-state index is 11.3. The van der Waals surface area contributed by atoms with Crippen LogP contribution in [0.15, 0.2) is 20.6 Å². The van der Waals surface area contributed by atoms with E-state index in [1.807, 2.05) is 18.4 Å². The number of thioether (sulfide) groups is 1. The summed E-state index contributed by atoms with van der Waals surface area (Å²) in [6.45, 7) is 0. The fraction of sp³-hybridized carbons (Fsp3) is 0.333. The zero-order valence-corrected chi connectivity index (χ0v) is 11.9. The van der Waals surface area contributed by atoms with Crippen LogP contribution >= 0.6 is 23.1 Å². The van der Waals surface area contributed by atoms with E-state index >= 15 is 0 Å². The molecule has 0 saturated carbocycles. The van der Waals surface area contributed by atoms with Crippen molar-refractivity contribution in [2.75, 3.05) is 18.8 Å². The van der Waals surface area contributed by atoms with Gasteiger partial charge in [0.05, 0.1) is 25.8 Å². The Kier molecular flexibility index (Phi) is 5.25. The lowest BCUT2D eigenvalue weighted by atomic mass is 10.5. The van der Waals surface area contributed by atoms with Gasteiger partial charge in [0.25, 0.3) is 0 Å². The molecule has 0 aliphatic carbocycles. The lowest BCUT2D eigenvalue weighted by Gasteiger charge is -1.97. The summed E-state index contributed by atoms with van der Waals surface area (Å²) >= 11 is 3.28. The predicted molar refractivity (Wildman–Crippen MR) is 72.2 cm³/mol. The van der Waals surface area contributed by atoms with Crippen molar-refractivity contribution in [3.05, 3.63) is 21.2 Å². The van der Waals surface area contributed by atoms with Gasteiger partial charge >= 0.3 is 0 Å². The van der Waals surface area contributed by atoms with Crippen molar-refractivity contribution in [2.45, 2.75) is 4.21 Å². The number of rotatable bonds is 4. The summed E-state index contributed by atoms with van der Waals surface area (Å²) in [7, 11) is -2.33. The van der Waals surface area contributed by atoms with E-state index in [2.05, 4.69) is 0 Å². The highest BCUT2D eigenvalue weighted by Crippen LogP contribution is 2.27. The molecule has 2 nitrogen and oxygen atoms in total. The topological polar surface area (TPSA) is 34.1 Å². The van der Waals surface area contributed by atoms with Crippen LogP contribution in [0.25, 0.3) is 6.08 Å². The Morgan fingerprint density at radius 1 is 1.33 bits per heavy atom. The Hall–Kier alpha value is 0.0900. The molecule has 1 rings (SSSR count). The summed E-state index contributed by atoms with van der Waals surface area (Å²) < 4.78 is 24.3. The van der Waals surface area contributed by atoms with Gasteiger partial charge in [0.1, 0.15) is 4.24 Å². The highest BCUT2D eigenvalue weighted by Gasteiger charge is 2.07. The average molecular weight is 280 g/mol. The van der Waals surface area contributed by atoms with Gasteiger partial charge in [-0.1, -0.05) is 0 Å². The van der Waals surface area contributed by atoms with Crippen molar-refractivity contribution >= 4 is 50.8 Å². The van der Waals surface area contributed by atoms with Gasteiger partial charge in [-0.25, -0.2) is 0 Å². The minimum absolute atomic E-state index is 0.490. The molecule has 0 spiro atoms. The Bertz CT molecular complexity index is 404. The van der Waals surface area contributed by atoms with Crippen molar-refractivity contribution in [3.8, 4) is 0 Å². The molecular weight excluding hydrogens is 268 g/mol.